The van der Waals surface area contributed by atoms with Gasteiger partial charge in [-0.3, -0.25) is 14.9 Å². The molecule has 1 aromatic heterocycles. The van der Waals surface area contributed by atoms with Crippen molar-refractivity contribution in [2.75, 3.05) is 36.5 Å². The first-order valence-corrected chi connectivity index (χ1v) is 9.72. The van der Waals surface area contributed by atoms with Gasteiger partial charge in [0.25, 0.3) is 0 Å². The molecule has 0 saturated carbocycles. The number of carbonyl (C=O) groups excluding carboxylic acids is 1. The molecule has 0 radical (unpaired) electrons. The Balaban J connectivity index is 1.61. The molecule has 1 saturated heterocycles. The van der Waals surface area contributed by atoms with Crippen LogP contribution < -0.4 is 9.80 Å². The van der Waals surface area contributed by atoms with Crippen molar-refractivity contribution in [2.24, 2.45) is 5.92 Å². The average Bonchev–Trinajstić information content (AvgIpc) is 2.77. The summed E-state index contributed by atoms with van der Waals surface area (Å²) in [5.74, 6) is 0.275. The number of nitro groups is 1. The highest BCUT2D eigenvalue weighted by Gasteiger charge is 2.34. The number of esters is 1. The highest BCUT2D eigenvalue weighted by molar-refractivity contribution is 5.74. The number of methoxy groups -OCH3 is 1. The maximum Gasteiger partial charge on any atom is 0.353 e. The Morgan fingerprint density at radius 2 is 1.76 bits per heavy atom. The number of ether oxygens (including phenoxy) is 1. The summed E-state index contributed by atoms with van der Waals surface area (Å²) in [4.78, 5) is 35.7. The first kappa shape index (κ1) is 19.1. The molecule has 1 fully saturated rings. The third kappa shape index (κ3) is 3.72. The lowest BCUT2D eigenvalue weighted by Gasteiger charge is -2.33. The summed E-state index contributed by atoms with van der Waals surface area (Å²) in [6, 6.07) is 8.14. The number of carbonyl (C=O) groups is 1. The SMILES string of the molecule is COC(=O)C1CCN(c2ncnc(N3CCc4ccccc4C3)c2[N+](=O)[O-])CC1. The summed E-state index contributed by atoms with van der Waals surface area (Å²) in [7, 11) is 1.38. The van der Waals surface area contributed by atoms with Gasteiger partial charge in [0.1, 0.15) is 6.33 Å². The van der Waals surface area contributed by atoms with Crippen molar-refractivity contribution >= 4 is 23.3 Å². The van der Waals surface area contributed by atoms with Crippen molar-refractivity contribution in [2.45, 2.75) is 25.8 Å². The summed E-state index contributed by atoms with van der Waals surface area (Å²) >= 11 is 0. The van der Waals surface area contributed by atoms with Crippen LogP contribution in [0.1, 0.15) is 24.0 Å². The number of aromatic nitrogens is 2. The van der Waals surface area contributed by atoms with E-state index < -0.39 is 4.92 Å². The molecule has 2 aliphatic heterocycles. The Morgan fingerprint density at radius 3 is 2.41 bits per heavy atom. The molecule has 1 aromatic carbocycles. The van der Waals surface area contributed by atoms with Gasteiger partial charge in [-0.05, 0) is 30.4 Å². The standard InChI is InChI=1S/C20H23N5O4/c1-29-20(26)15-7-9-23(10-8-15)18-17(25(27)28)19(22-13-21-18)24-11-6-14-4-2-3-5-16(14)12-24/h2-5,13,15H,6-12H2,1H3. The van der Waals surface area contributed by atoms with Crippen LogP contribution in [0.5, 0.6) is 0 Å². The topological polar surface area (TPSA) is 102 Å². The lowest BCUT2D eigenvalue weighted by molar-refractivity contribution is -0.383. The van der Waals surface area contributed by atoms with Crippen molar-refractivity contribution in [3.05, 3.63) is 51.8 Å². The molecule has 0 unspecified atom stereocenters. The Hall–Kier alpha value is -3.23. The van der Waals surface area contributed by atoms with E-state index in [0.29, 0.717) is 50.7 Å². The second-order valence-corrected chi connectivity index (χ2v) is 7.35. The van der Waals surface area contributed by atoms with Gasteiger partial charge in [0.15, 0.2) is 0 Å². The quantitative estimate of drug-likeness (QED) is 0.440. The molecule has 2 aliphatic rings. The number of piperidine rings is 1. The molecule has 4 rings (SSSR count). The zero-order chi connectivity index (χ0) is 20.4. The van der Waals surface area contributed by atoms with E-state index in [2.05, 4.69) is 16.0 Å². The number of hydrogen-bond acceptors (Lipinski definition) is 8. The average molecular weight is 397 g/mol. The van der Waals surface area contributed by atoms with Gasteiger partial charge in [-0.1, -0.05) is 24.3 Å². The zero-order valence-corrected chi connectivity index (χ0v) is 16.3. The monoisotopic (exact) mass is 397 g/mol. The fourth-order valence-electron chi connectivity index (χ4n) is 4.16. The third-order valence-electron chi connectivity index (χ3n) is 5.73. The van der Waals surface area contributed by atoms with Crippen molar-refractivity contribution in [3.8, 4) is 0 Å². The van der Waals surface area contributed by atoms with Gasteiger partial charge >= 0.3 is 11.7 Å². The van der Waals surface area contributed by atoms with Crippen LogP contribution in [0.15, 0.2) is 30.6 Å². The largest absolute Gasteiger partial charge is 0.469 e. The number of nitrogens with zero attached hydrogens (tertiary/aromatic N) is 5. The molecular weight excluding hydrogens is 374 g/mol. The molecule has 2 aromatic rings. The first-order chi connectivity index (χ1) is 14.1. The summed E-state index contributed by atoms with van der Waals surface area (Å²) < 4.78 is 4.82. The molecule has 3 heterocycles. The summed E-state index contributed by atoms with van der Waals surface area (Å²) in [6.45, 7) is 2.27. The predicted octanol–water partition coefficient (Wildman–Crippen LogP) is 2.34. The summed E-state index contributed by atoms with van der Waals surface area (Å²) in [5.41, 5.74) is 2.36. The van der Waals surface area contributed by atoms with Crippen molar-refractivity contribution < 1.29 is 14.5 Å². The minimum absolute atomic E-state index is 0.0663. The van der Waals surface area contributed by atoms with Crippen LogP contribution >= 0.6 is 0 Å². The lowest BCUT2D eigenvalue weighted by atomic mass is 9.97. The van der Waals surface area contributed by atoms with E-state index in [1.807, 2.05) is 28.0 Å². The van der Waals surface area contributed by atoms with E-state index >= 15 is 0 Å². The number of anilines is 2. The lowest BCUT2D eigenvalue weighted by Crippen LogP contribution is -2.38. The highest BCUT2D eigenvalue weighted by atomic mass is 16.6. The molecule has 0 N–H and O–H groups in total. The van der Waals surface area contributed by atoms with Crippen LogP contribution in [-0.4, -0.2) is 47.6 Å². The van der Waals surface area contributed by atoms with Crippen LogP contribution in [0.25, 0.3) is 0 Å². The number of benzene rings is 1. The van der Waals surface area contributed by atoms with E-state index in [0.717, 1.165) is 12.0 Å². The van der Waals surface area contributed by atoms with Crippen molar-refractivity contribution in [1.82, 2.24) is 9.97 Å². The zero-order valence-electron chi connectivity index (χ0n) is 16.3. The van der Waals surface area contributed by atoms with Gasteiger partial charge in [-0.15, -0.1) is 0 Å². The molecule has 0 spiro atoms. The fourth-order valence-corrected chi connectivity index (χ4v) is 4.16. The minimum atomic E-state index is -0.391. The second kappa shape index (κ2) is 8.02. The smallest absolute Gasteiger partial charge is 0.353 e. The van der Waals surface area contributed by atoms with Gasteiger partial charge in [0.05, 0.1) is 18.0 Å². The minimum Gasteiger partial charge on any atom is -0.469 e. The van der Waals surface area contributed by atoms with E-state index in [1.165, 1.54) is 19.0 Å². The van der Waals surface area contributed by atoms with Crippen LogP contribution in [0.2, 0.25) is 0 Å². The molecule has 0 aliphatic carbocycles. The molecule has 29 heavy (non-hydrogen) atoms. The maximum atomic E-state index is 12.0. The Kier molecular flexibility index (Phi) is 5.28. The maximum absolute atomic E-state index is 12.0. The predicted molar refractivity (Wildman–Crippen MR) is 107 cm³/mol. The molecule has 0 amide bonds. The molecular formula is C20H23N5O4. The van der Waals surface area contributed by atoms with Crippen LogP contribution in [0.3, 0.4) is 0 Å². The Morgan fingerprint density at radius 1 is 1.10 bits per heavy atom. The Bertz CT molecular complexity index is 927. The third-order valence-corrected chi connectivity index (χ3v) is 5.73. The number of rotatable bonds is 4. The first-order valence-electron chi connectivity index (χ1n) is 9.72. The van der Waals surface area contributed by atoms with E-state index in [-0.39, 0.29) is 17.6 Å². The van der Waals surface area contributed by atoms with Crippen molar-refractivity contribution in [1.29, 1.82) is 0 Å². The van der Waals surface area contributed by atoms with Crippen molar-refractivity contribution in [3.63, 3.8) is 0 Å². The highest BCUT2D eigenvalue weighted by Crippen LogP contribution is 2.37. The Labute approximate surface area is 168 Å². The van der Waals surface area contributed by atoms with Gasteiger partial charge < -0.3 is 14.5 Å². The fraction of sp³-hybridized carbons (Fsp3) is 0.450. The van der Waals surface area contributed by atoms with Crippen LogP contribution in [0, 0.1) is 16.0 Å². The molecule has 9 heteroatoms. The van der Waals surface area contributed by atoms with Gasteiger partial charge in [-0.2, -0.15) is 0 Å². The molecule has 0 atom stereocenters. The van der Waals surface area contributed by atoms with E-state index in [1.54, 1.807) is 0 Å². The normalized spacial score (nSPS) is 17.0. The van der Waals surface area contributed by atoms with Gasteiger partial charge in [0, 0.05) is 26.2 Å². The van der Waals surface area contributed by atoms with E-state index in [9.17, 15) is 14.9 Å². The number of fused-ring (bicyclic) bond motifs is 1. The van der Waals surface area contributed by atoms with Crippen LogP contribution in [-0.2, 0) is 22.5 Å². The second-order valence-electron chi connectivity index (χ2n) is 7.35. The molecule has 0 bridgehead atoms. The molecule has 9 nitrogen and oxygen atoms in total. The van der Waals surface area contributed by atoms with Gasteiger partial charge in [-0.25, -0.2) is 9.97 Å². The van der Waals surface area contributed by atoms with Gasteiger partial charge in [0.2, 0.25) is 11.6 Å². The molecule has 152 valence electrons. The summed E-state index contributed by atoms with van der Waals surface area (Å²) in [6.07, 6.45) is 3.38. The van der Waals surface area contributed by atoms with E-state index in [4.69, 9.17) is 4.74 Å². The number of hydrogen-bond donors (Lipinski definition) is 0. The summed E-state index contributed by atoms with van der Waals surface area (Å²) in [5, 5.41) is 12.0. The van der Waals surface area contributed by atoms with Crippen LogP contribution in [0.4, 0.5) is 17.3 Å².